The van der Waals surface area contributed by atoms with E-state index in [1.807, 2.05) is 12.1 Å². The summed E-state index contributed by atoms with van der Waals surface area (Å²) < 4.78 is 0. The lowest BCUT2D eigenvalue weighted by Crippen LogP contribution is -2.49. The van der Waals surface area contributed by atoms with E-state index in [9.17, 15) is 9.59 Å². The summed E-state index contributed by atoms with van der Waals surface area (Å²) in [6.45, 7) is 2.34. The fourth-order valence-electron chi connectivity index (χ4n) is 3.80. The quantitative estimate of drug-likeness (QED) is 0.777. The van der Waals surface area contributed by atoms with E-state index in [1.54, 1.807) is 40.1 Å². The molecule has 136 valence electrons. The Hall–Kier alpha value is -2.49. The van der Waals surface area contributed by atoms with Crippen molar-refractivity contribution in [3.8, 4) is 6.07 Å². The third-order valence-electron chi connectivity index (χ3n) is 4.93. The van der Waals surface area contributed by atoms with Gasteiger partial charge in [0.05, 0.1) is 23.9 Å². The smallest absolute Gasteiger partial charge is 0.268 e. The van der Waals surface area contributed by atoms with Crippen LogP contribution >= 0.6 is 23.4 Å². The van der Waals surface area contributed by atoms with E-state index >= 15 is 0 Å². The van der Waals surface area contributed by atoms with Gasteiger partial charge < -0.3 is 9.80 Å². The van der Waals surface area contributed by atoms with Gasteiger partial charge in [0.25, 0.3) is 5.91 Å². The first-order valence-corrected chi connectivity index (χ1v) is 9.87. The Morgan fingerprint density at radius 3 is 2.89 bits per heavy atom. The fraction of sp³-hybridized carbons (Fsp3) is 0.250. The Morgan fingerprint density at radius 1 is 1.33 bits per heavy atom. The van der Waals surface area contributed by atoms with Crippen molar-refractivity contribution >= 4 is 40.9 Å². The zero-order valence-electron chi connectivity index (χ0n) is 14.6. The summed E-state index contributed by atoms with van der Waals surface area (Å²) in [5.74, 6) is 0.419. The maximum Gasteiger partial charge on any atom is 0.268 e. The number of anilines is 1. The molecule has 0 aliphatic carbocycles. The van der Waals surface area contributed by atoms with Crippen LogP contribution in [0.2, 0.25) is 5.02 Å². The molecule has 5 nitrogen and oxygen atoms in total. The van der Waals surface area contributed by atoms with Crippen molar-refractivity contribution in [2.75, 3.05) is 17.2 Å². The summed E-state index contributed by atoms with van der Waals surface area (Å²) in [7, 11) is 0. The number of benzene rings is 2. The molecule has 2 heterocycles. The van der Waals surface area contributed by atoms with E-state index in [0.29, 0.717) is 29.4 Å². The number of hydrogen-bond donors (Lipinski definition) is 0. The number of carbonyl (C=O) groups excluding carboxylic acids is 2. The first-order chi connectivity index (χ1) is 13.0. The summed E-state index contributed by atoms with van der Waals surface area (Å²) in [6.07, 6.45) is 0. The van der Waals surface area contributed by atoms with E-state index < -0.39 is 4.87 Å². The second kappa shape index (κ2) is 6.59. The van der Waals surface area contributed by atoms with Gasteiger partial charge >= 0.3 is 0 Å². The molecule has 0 radical (unpaired) electrons. The number of halogens is 1. The van der Waals surface area contributed by atoms with Gasteiger partial charge in [0.1, 0.15) is 0 Å². The van der Waals surface area contributed by atoms with E-state index in [4.69, 9.17) is 16.9 Å². The summed E-state index contributed by atoms with van der Waals surface area (Å²) in [5.41, 5.74) is 2.92. The summed E-state index contributed by atoms with van der Waals surface area (Å²) in [5, 5.41) is 9.67. The second-order valence-electron chi connectivity index (χ2n) is 6.53. The van der Waals surface area contributed by atoms with Crippen LogP contribution in [0.4, 0.5) is 5.69 Å². The molecule has 1 atom stereocenters. The highest BCUT2D eigenvalue weighted by Crippen LogP contribution is 2.54. The monoisotopic (exact) mass is 397 g/mol. The normalized spacial score (nSPS) is 20.9. The van der Waals surface area contributed by atoms with Crippen LogP contribution in [0.15, 0.2) is 42.5 Å². The van der Waals surface area contributed by atoms with Crippen molar-refractivity contribution in [1.82, 2.24) is 4.90 Å². The molecule has 2 aliphatic heterocycles. The van der Waals surface area contributed by atoms with E-state index in [1.165, 1.54) is 18.7 Å². The molecule has 2 amide bonds. The highest BCUT2D eigenvalue weighted by Gasteiger charge is 2.58. The highest BCUT2D eigenvalue weighted by molar-refractivity contribution is 8.01. The van der Waals surface area contributed by atoms with Gasteiger partial charge in [-0.25, -0.2) is 0 Å². The number of fused-ring (bicyclic) bond motifs is 2. The maximum atomic E-state index is 13.6. The summed E-state index contributed by atoms with van der Waals surface area (Å²) in [4.78, 5) is 28.1. The standard InChI is InChI=1S/C20H16ClN3O2S/c1-13(25)24-7-8-27-20(24)17-10-16(21)5-6-18(17)23(19(20)26)12-15-4-2-3-14(9-15)11-22/h2-6,9-10H,7-8,12H2,1H3/t20-/m0/s1. The number of amides is 2. The van der Waals surface area contributed by atoms with Crippen LogP contribution < -0.4 is 4.90 Å². The molecule has 0 aromatic heterocycles. The van der Waals surface area contributed by atoms with Crippen LogP contribution in [0.25, 0.3) is 0 Å². The van der Waals surface area contributed by atoms with Crippen molar-refractivity contribution in [2.24, 2.45) is 0 Å². The molecule has 7 heteroatoms. The van der Waals surface area contributed by atoms with Crippen LogP contribution in [-0.4, -0.2) is 29.0 Å². The SMILES string of the molecule is CC(=O)N1CCS[C@@]12C(=O)N(Cc1cccc(C#N)c1)c1ccc(Cl)cc12. The van der Waals surface area contributed by atoms with Crippen LogP contribution in [0.5, 0.6) is 0 Å². The number of carbonyl (C=O) groups is 2. The number of rotatable bonds is 2. The third-order valence-corrected chi connectivity index (χ3v) is 6.59. The zero-order chi connectivity index (χ0) is 19.2. The van der Waals surface area contributed by atoms with Crippen LogP contribution in [-0.2, 0) is 21.0 Å². The number of hydrogen-bond acceptors (Lipinski definition) is 4. The van der Waals surface area contributed by atoms with Crippen LogP contribution in [0.1, 0.15) is 23.6 Å². The second-order valence-corrected chi connectivity index (χ2v) is 8.25. The third kappa shape index (κ3) is 2.70. The van der Waals surface area contributed by atoms with Gasteiger partial charge in [-0.15, -0.1) is 11.8 Å². The molecule has 27 heavy (non-hydrogen) atoms. The molecule has 0 unspecified atom stereocenters. The van der Waals surface area contributed by atoms with Crippen LogP contribution in [0, 0.1) is 11.3 Å². The molecule has 1 fully saturated rings. The molecule has 1 spiro atoms. The average molecular weight is 398 g/mol. The van der Waals surface area contributed by atoms with Crippen molar-refractivity contribution in [2.45, 2.75) is 18.3 Å². The van der Waals surface area contributed by atoms with E-state index in [2.05, 4.69) is 6.07 Å². The molecule has 2 aliphatic rings. The molecule has 4 rings (SSSR count). The van der Waals surface area contributed by atoms with Gasteiger partial charge in [-0.3, -0.25) is 9.59 Å². The van der Waals surface area contributed by atoms with Gasteiger partial charge in [0.2, 0.25) is 5.91 Å². The Bertz CT molecular complexity index is 1000. The number of nitriles is 1. The Kier molecular flexibility index (Phi) is 4.37. The molecule has 1 saturated heterocycles. The largest absolute Gasteiger partial charge is 0.315 e. The van der Waals surface area contributed by atoms with Gasteiger partial charge in [0.15, 0.2) is 4.87 Å². The number of thioether (sulfide) groups is 1. The zero-order valence-corrected chi connectivity index (χ0v) is 16.2. The molecule has 2 aromatic carbocycles. The predicted molar refractivity (Wildman–Crippen MR) is 105 cm³/mol. The first kappa shape index (κ1) is 17.9. The average Bonchev–Trinajstić information content (AvgIpc) is 3.20. The molecule has 0 N–H and O–H groups in total. The minimum atomic E-state index is -1.06. The lowest BCUT2D eigenvalue weighted by molar-refractivity contribution is -0.138. The van der Waals surface area contributed by atoms with Gasteiger partial charge in [-0.1, -0.05) is 23.7 Å². The van der Waals surface area contributed by atoms with Crippen LogP contribution in [0.3, 0.4) is 0 Å². The molecular formula is C20H16ClN3O2S. The first-order valence-electron chi connectivity index (χ1n) is 8.50. The topological polar surface area (TPSA) is 64.4 Å². The minimum Gasteiger partial charge on any atom is -0.315 e. The molecule has 0 bridgehead atoms. The molecular weight excluding hydrogens is 382 g/mol. The molecule has 0 saturated carbocycles. The van der Waals surface area contributed by atoms with Gasteiger partial charge in [0, 0.05) is 29.8 Å². The lowest BCUT2D eigenvalue weighted by atomic mass is 10.1. The van der Waals surface area contributed by atoms with Gasteiger partial charge in [-0.05, 0) is 35.9 Å². The summed E-state index contributed by atoms with van der Waals surface area (Å²) in [6, 6.07) is 14.7. The minimum absolute atomic E-state index is 0.132. The van der Waals surface area contributed by atoms with Crippen molar-refractivity contribution in [3.63, 3.8) is 0 Å². The predicted octanol–water partition coefficient (Wildman–Crippen LogP) is 3.51. The lowest BCUT2D eigenvalue weighted by Gasteiger charge is -2.32. The fourth-order valence-corrected chi connectivity index (χ4v) is 5.47. The van der Waals surface area contributed by atoms with E-state index in [-0.39, 0.29) is 11.8 Å². The van der Waals surface area contributed by atoms with Gasteiger partial charge in [-0.2, -0.15) is 5.26 Å². The van der Waals surface area contributed by atoms with Crippen molar-refractivity contribution in [3.05, 3.63) is 64.2 Å². The Labute approximate surface area is 166 Å². The summed E-state index contributed by atoms with van der Waals surface area (Å²) >= 11 is 7.70. The maximum absolute atomic E-state index is 13.6. The Balaban J connectivity index is 1.82. The van der Waals surface area contributed by atoms with Crippen molar-refractivity contribution in [1.29, 1.82) is 5.26 Å². The van der Waals surface area contributed by atoms with E-state index in [0.717, 1.165) is 16.8 Å². The molecule has 2 aromatic rings. The van der Waals surface area contributed by atoms with Crippen molar-refractivity contribution < 1.29 is 9.59 Å². The number of nitrogens with zero attached hydrogens (tertiary/aromatic N) is 3. The Morgan fingerprint density at radius 2 is 2.15 bits per heavy atom. The highest BCUT2D eigenvalue weighted by atomic mass is 35.5.